The summed E-state index contributed by atoms with van der Waals surface area (Å²) in [5, 5.41) is 2.61. The Kier molecular flexibility index (Phi) is 9.51. The lowest BCUT2D eigenvalue weighted by atomic mass is 9.99. The largest absolute Gasteiger partial charge is 0.462 e. The Morgan fingerprint density at radius 3 is 2.63 bits per heavy atom. The lowest BCUT2D eigenvalue weighted by molar-refractivity contribution is 0.187. The van der Waals surface area contributed by atoms with E-state index in [1.54, 1.807) is 7.11 Å². The van der Waals surface area contributed by atoms with E-state index >= 15 is 0 Å². The number of piperidine rings is 1. The van der Waals surface area contributed by atoms with Gasteiger partial charge in [0.25, 0.3) is 0 Å². The summed E-state index contributed by atoms with van der Waals surface area (Å²) in [4.78, 5) is 26.3. The fourth-order valence-corrected chi connectivity index (χ4v) is 6.72. The molecule has 2 fully saturated rings. The molecule has 0 aliphatic carbocycles. The third kappa shape index (κ3) is 6.85. The maximum atomic E-state index is 6.34. The van der Waals surface area contributed by atoms with Crippen molar-refractivity contribution in [3.8, 4) is 6.01 Å². The van der Waals surface area contributed by atoms with Gasteiger partial charge < -0.3 is 24.2 Å². The van der Waals surface area contributed by atoms with E-state index in [0.29, 0.717) is 25.2 Å². The molecule has 0 radical (unpaired) electrons. The standard InChI is InChI=1S/C34H45N7O2/c1-25-8-4-9-26-10-5-12-31(32(25)26)41-20-15-29-30(22-41)37-34(43-23-28-11-6-17-39(28)2)38-33(29)40-18-13-27(14-19-40)36-24-35-16-7-21-42-3/h4-5,8-10,12,27-28H,6-7,11,13-23H2,1-3H3/t28-/m0/s1. The van der Waals surface area contributed by atoms with Crippen molar-refractivity contribution in [3.05, 3.63) is 53.2 Å². The van der Waals surface area contributed by atoms with Gasteiger partial charge in [-0.1, -0.05) is 30.3 Å². The third-order valence-corrected chi connectivity index (χ3v) is 9.22. The summed E-state index contributed by atoms with van der Waals surface area (Å²) in [7, 11) is 3.90. The summed E-state index contributed by atoms with van der Waals surface area (Å²) >= 11 is 0. The minimum atomic E-state index is 0.249. The third-order valence-electron chi connectivity index (χ3n) is 9.22. The SMILES string of the molecule is COCCCN=C=NC1CCN(c2nc(OC[C@@H]3CCCN3C)nc3c2CCN(c2cccc4cccc(C)c24)C3)CC1. The van der Waals surface area contributed by atoms with Crippen molar-refractivity contribution >= 4 is 28.3 Å². The molecule has 0 saturated carbocycles. The van der Waals surface area contributed by atoms with Crippen molar-refractivity contribution in [1.29, 1.82) is 0 Å². The zero-order valence-electron chi connectivity index (χ0n) is 26.0. The second kappa shape index (κ2) is 13.8. The van der Waals surface area contributed by atoms with Gasteiger partial charge in [-0.25, -0.2) is 9.98 Å². The minimum Gasteiger partial charge on any atom is -0.462 e. The van der Waals surface area contributed by atoms with Crippen LogP contribution in [0.15, 0.2) is 46.4 Å². The number of fused-ring (bicyclic) bond motifs is 2. The molecule has 0 N–H and O–H groups in total. The molecule has 3 aliphatic heterocycles. The molecule has 43 heavy (non-hydrogen) atoms. The number of methoxy groups -OCH3 is 1. The van der Waals surface area contributed by atoms with Crippen molar-refractivity contribution in [2.75, 3.05) is 69.9 Å². The molecule has 0 unspecified atom stereocenters. The van der Waals surface area contributed by atoms with Gasteiger partial charge in [0.05, 0.1) is 30.8 Å². The first-order valence-corrected chi connectivity index (χ1v) is 15.9. The van der Waals surface area contributed by atoms with Gasteiger partial charge in [0.15, 0.2) is 0 Å². The van der Waals surface area contributed by atoms with Gasteiger partial charge in [0, 0.05) is 56.0 Å². The molecule has 9 heteroatoms. The van der Waals surface area contributed by atoms with Crippen LogP contribution >= 0.6 is 0 Å². The molecule has 0 bridgehead atoms. The van der Waals surface area contributed by atoms with E-state index < -0.39 is 0 Å². The van der Waals surface area contributed by atoms with Crippen LogP contribution in [0.3, 0.4) is 0 Å². The Balaban J connectivity index is 1.23. The van der Waals surface area contributed by atoms with E-state index in [4.69, 9.17) is 19.4 Å². The van der Waals surface area contributed by atoms with E-state index in [9.17, 15) is 0 Å². The highest BCUT2D eigenvalue weighted by atomic mass is 16.5. The maximum absolute atomic E-state index is 6.34. The highest BCUT2D eigenvalue weighted by Crippen LogP contribution is 2.36. The van der Waals surface area contributed by atoms with Gasteiger partial charge in [-0.15, -0.1) is 0 Å². The Labute approximate surface area is 255 Å². The number of benzene rings is 2. The number of ether oxygens (including phenoxy) is 2. The molecular formula is C34H45N7O2. The number of aliphatic imine (C=N–C) groups is 2. The summed E-state index contributed by atoms with van der Waals surface area (Å²) in [6, 6.07) is 17.3. The van der Waals surface area contributed by atoms with Gasteiger partial charge in [0.2, 0.25) is 0 Å². The van der Waals surface area contributed by atoms with Crippen LogP contribution in [0, 0.1) is 6.92 Å². The first-order chi connectivity index (χ1) is 21.1. The van der Waals surface area contributed by atoms with E-state index in [2.05, 4.69) is 81.1 Å². The number of anilines is 2. The van der Waals surface area contributed by atoms with E-state index in [0.717, 1.165) is 82.9 Å². The lowest BCUT2D eigenvalue weighted by Crippen LogP contribution is -2.39. The van der Waals surface area contributed by atoms with Gasteiger partial charge in [-0.3, -0.25) is 0 Å². The van der Waals surface area contributed by atoms with Crippen LogP contribution in [-0.4, -0.2) is 93.1 Å². The number of nitrogens with zero attached hydrogens (tertiary/aromatic N) is 7. The highest BCUT2D eigenvalue weighted by molar-refractivity contribution is 5.97. The van der Waals surface area contributed by atoms with Crippen molar-refractivity contribution in [2.24, 2.45) is 9.98 Å². The monoisotopic (exact) mass is 583 g/mol. The molecular weight excluding hydrogens is 538 g/mol. The van der Waals surface area contributed by atoms with Gasteiger partial charge in [0.1, 0.15) is 12.4 Å². The summed E-state index contributed by atoms with van der Waals surface area (Å²) in [5.41, 5.74) is 4.93. The predicted molar refractivity (Wildman–Crippen MR) is 173 cm³/mol. The topological polar surface area (TPSA) is 78.7 Å². The number of hydrogen-bond donors (Lipinski definition) is 0. The molecule has 1 aromatic heterocycles. The Morgan fingerprint density at radius 2 is 1.84 bits per heavy atom. The highest BCUT2D eigenvalue weighted by Gasteiger charge is 2.29. The van der Waals surface area contributed by atoms with E-state index in [-0.39, 0.29) is 6.04 Å². The van der Waals surface area contributed by atoms with Crippen molar-refractivity contribution in [1.82, 2.24) is 14.9 Å². The minimum absolute atomic E-state index is 0.249. The molecule has 3 aromatic rings. The molecule has 9 nitrogen and oxygen atoms in total. The van der Waals surface area contributed by atoms with Crippen LogP contribution in [0.2, 0.25) is 0 Å². The Morgan fingerprint density at radius 1 is 1.00 bits per heavy atom. The number of aromatic nitrogens is 2. The maximum Gasteiger partial charge on any atom is 0.318 e. The molecule has 0 spiro atoms. The van der Waals surface area contributed by atoms with Crippen LogP contribution in [0.4, 0.5) is 11.5 Å². The molecule has 2 saturated heterocycles. The first-order valence-electron chi connectivity index (χ1n) is 15.9. The number of likely N-dealkylation sites (tertiary alicyclic amines) is 1. The number of aryl methyl sites for hydroxylation is 1. The average Bonchev–Trinajstić information content (AvgIpc) is 3.45. The molecule has 0 amide bonds. The number of likely N-dealkylation sites (N-methyl/N-ethyl adjacent to an activating group) is 1. The zero-order chi connectivity index (χ0) is 29.6. The van der Waals surface area contributed by atoms with Crippen LogP contribution in [0.5, 0.6) is 6.01 Å². The second-order valence-electron chi connectivity index (χ2n) is 12.1. The van der Waals surface area contributed by atoms with Crippen LogP contribution in [0.1, 0.15) is 48.9 Å². The lowest BCUT2D eigenvalue weighted by Gasteiger charge is -2.36. The zero-order valence-corrected chi connectivity index (χ0v) is 26.0. The molecule has 228 valence electrons. The van der Waals surface area contributed by atoms with Crippen LogP contribution < -0.4 is 14.5 Å². The Hall–Kier alpha value is -3.52. The Bertz CT molecular complexity index is 1460. The first kappa shape index (κ1) is 29.5. The summed E-state index contributed by atoms with van der Waals surface area (Å²) in [6.07, 6.45) is 6.11. The summed E-state index contributed by atoms with van der Waals surface area (Å²) in [6.45, 7) is 8.87. The molecule has 2 aromatic carbocycles. The second-order valence-corrected chi connectivity index (χ2v) is 12.1. The van der Waals surface area contributed by atoms with Gasteiger partial charge >= 0.3 is 6.01 Å². The molecule has 6 rings (SSSR count). The van der Waals surface area contributed by atoms with E-state index in [1.165, 1.54) is 34.0 Å². The van der Waals surface area contributed by atoms with Crippen molar-refractivity contribution < 1.29 is 9.47 Å². The van der Waals surface area contributed by atoms with Crippen molar-refractivity contribution in [3.63, 3.8) is 0 Å². The smallest absolute Gasteiger partial charge is 0.318 e. The summed E-state index contributed by atoms with van der Waals surface area (Å²) < 4.78 is 11.4. The van der Waals surface area contributed by atoms with Gasteiger partial charge in [-0.05, 0) is 76.1 Å². The molecule has 1 atom stereocenters. The normalized spacial score (nSPS) is 19.4. The average molecular weight is 584 g/mol. The fraction of sp³-hybridized carbons (Fsp3) is 0.559. The van der Waals surface area contributed by atoms with Crippen LogP contribution in [-0.2, 0) is 17.7 Å². The van der Waals surface area contributed by atoms with Crippen molar-refractivity contribution in [2.45, 2.75) is 64.1 Å². The molecule has 3 aliphatic rings. The summed E-state index contributed by atoms with van der Waals surface area (Å²) in [5.74, 6) is 1.05. The van der Waals surface area contributed by atoms with Gasteiger partial charge in [-0.2, -0.15) is 9.97 Å². The fourth-order valence-electron chi connectivity index (χ4n) is 6.72. The number of rotatable bonds is 10. The van der Waals surface area contributed by atoms with Crippen LogP contribution in [0.25, 0.3) is 10.8 Å². The predicted octanol–water partition coefficient (Wildman–Crippen LogP) is 5.15. The quantitative estimate of drug-likeness (QED) is 0.241. The number of hydrogen-bond acceptors (Lipinski definition) is 9. The molecule has 4 heterocycles. The van der Waals surface area contributed by atoms with E-state index in [1.807, 2.05) is 0 Å².